The molecule has 2 amide bonds. The highest BCUT2D eigenvalue weighted by Gasteiger charge is 2.41. The Morgan fingerprint density at radius 2 is 1.60 bits per heavy atom. The molecule has 1 fully saturated rings. The Hall–Kier alpha value is -3.96. The lowest BCUT2D eigenvalue weighted by Crippen LogP contribution is -2.56. The quantitative estimate of drug-likeness (QED) is 0.206. The number of benzene rings is 3. The molecule has 10 heteroatoms. The summed E-state index contributed by atoms with van der Waals surface area (Å²) in [4.78, 5) is 31.5. The zero-order valence-electron chi connectivity index (χ0n) is 30.1. The first kappa shape index (κ1) is 37.3. The van der Waals surface area contributed by atoms with Crippen LogP contribution in [0.1, 0.15) is 68.8 Å². The maximum Gasteiger partial charge on any atom is 0.407 e. The van der Waals surface area contributed by atoms with E-state index in [1.165, 1.54) is 0 Å². The molecule has 3 aromatic rings. The summed E-state index contributed by atoms with van der Waals surface area (Å²) in [6.45, 7) is 11.1. The molecule has 1 aliphatic carbocycles. The SMILES string of the molecule is CC(Oc1ccccc1C[C@@](O)(CCC(=O)N[C@H]1c2ccccc2C[C@H]1O)[C@H](Cc1ccccc1)NC(=O)OC(C)(C)C)N1CCN(C)CC1. The first-order valence-corrected chi connectivity index (χ1v) is 17.8. The van der Waals surface area contributed by atoms with Crippen LogP contribution in [0.3, 0.4) is 0 Å². The number of hydrogen-bond acceptors (Lipinski definition) is 8. The van der Waals surface area contributed by atoms with Gasteiger partial charge >= 0.3 is 6.09 Å². The van der Waals surface area contributed by atoms with Gasteiger partial charge in [-0.05, 0) is 75.9 Å². The van der Waals surface area contributed by atoms with Crippen LogP contribution in [0.4, 0.5) is 4.79 Å². The predicted octanol–water partition coefficient (Wildman–Crippen LogP) is 4.62. The lowest BCUT2D eigenvalue weighted by molar-refractivity contribution is -0.124. The van der Waals surface area contributed by atoms with E-state index in [0.29, 0.717) is 18.6 Å². The second-order valence-corrected chi connectivity index (χ2v) is 14.8. The number of carbonyl (C=O) groups is 2. The molecule has 3 aromatic carbocycles. The Morgan fingerprint density at radius 3 is 2.32 bits per heavy atom. The van der Waals surface area contributed by atoms with Crippen molar-refractivity contribution < 1.29 is 29.3 Å². The maximum absolute atomic E-state index is 13.6. The zero-order chi connectivity index (χ0) is 35.9. The Kier molecular flexibility index (Phi) is 12.2. The summed E-state index contributed by atoms with van der Waals surface area (Å²) in [7, 11) is 2.12. The second-order valence-electron chi connectivity index (χ2n) is 14.8. The van der Waals surface area contributed by atoms with Crippen LogP contribution in [0, 0.1) is 0 Å². The predicted molar refractivity (Wildman–Crippen MR) is 194 cm³/mol. The van der Waals surface area contributed by atoms with Crippen LogP contribution in [0.15, 0.2) is 78.9 Å². The molecule has 2 aliphatic rings. The summed E-state index contributed by atoms with van der Waals surface area (Å²) in [6, 6.07) is 23.6. The highest BCUT2D eigenvalue weighted by atomic mass is 16.6. The van der Waals surface area contributed by atoms with Crippen molar-refractivity contribution in [2.45, 2.75) is 95.4 Å². The van der Waals surface area contributed by atoms with Gasteiger partial charge in [0.25, 0.3) is 0 Å². The third-order valence-electron chi connectivity index (χ3n) is 9.75. The molecular formula is C40H54N4O6. The van der Waals surface area contributed by atoms with E-state index >= 15 is 0 Å². The smallest absolute Gasteiger partial charge is 0.407 e. The van der Waals surface area contributed by atoms with Gasteiger partial charge in [0.05, 0.1) is 23.8 Å². The largest absolute Gasteiger partial charge is 0.475 e. The number of fused-ring (bicyclic) bond motifs is 1. The molecule has 5 rings (SSSR count). The van der Waals surface area contributed by atoms with Crippen molar-refractivity contribution in [3.63, 3.8) is 0 Å². The lowest BCUT2D eigenvalue weighted by Gasteiger charge is -2.39. The Morgan fingerprint density at radius 1 is 0.940 bits per heavy atom. The molecule has 1 saturated heterocycles. The molecule has 50 heavy (non-hydrogen) atoms. The Bertz CT molecular complexity index is 1570. The number of aliphatic hydroxyl groups is 2. The van der Waals surface area contributed by atoms with Crippen molar-refractivity contribution in [1.82, 2.24) is 20.4 Å². The van der Waals surface area contributed by atoms with Crippen LogP contribution in [-0.4, -0.2) is 94.8 Å². The fourth-order valence-corrected chi connectivity index (χ4v) is 6.92. The van der Waals surface area contributed by atoms with Crippen LogP contribution < -0.4 is 15.4 Å². The van der Waals surface area contributed by atoms with E-state index in [1.807, 2.05) is 85.8 Å². The van der Waals surface area contributed by atoms with Crippen LogP contribution in [-0.2, 0) is 28.8 Å². The zero-order valence-corrected chi connectivity index (χ0v) is 30.1. The Balaban J connectivity index is 1.42. The van der Waals surface area contributed by atoms with Gasteiger partial charge in [0.15, 0.2) is 0 Å². The molecule has 5 atom stereocenters. The third-order valence-corrected chi connectivity index (χ3v) is 9.75. The number of nitrogens with zero attached hydrogens (tertiary/aromatic N) is 2. The third kappa shape index (κ3) is 10.1. The Labute approximate surface area is 296 Å². The number of piperazine rings is 1. The number of nitrogens with one attached hydrogen (secondary N) is 2. The van der Waals surface area contributed by atoms with Gasteiger partial charge in [-0.1, -0.05) is 72.8 Å². The van der Waals surface area contributed by atoms with Gasteiger partial charge in [0.1, 0.15) is 17.6 Å². The van der Waals surface area contributed by atoms with Crippen molar-refractivity contribution in [3.05, 3.63) is 101 Å². The number of alkyl carbamates (subject to hydrolysis) is 1. The number of aliphatic hydroxyl groups excluding tert-OH is 1. The number of carbonyl (C=O) groups excluding carboxylic acids is 2. The van der Waals surface area contributed by atoms with E-state index in [4.69, 9.17) is 9.47 Å². The summed E-state index contributed by atoms with van der Waals surface area (Å²) < 4.78 is 12.2. The summed E-state index contributed by atoms with van der Waals surface area (Å²) in [5, 5.41) is 29.6. The second kappa shape index (κ2) is 16.4. The minimum Gasteiger partial charge on any atom is -0.475 e. The molecular weight excluding hydrogens is 632 g/mol. The van der Waals surface area contributed by atoms with Crippen LogP contribution in [0.2, 0.25) is 0 Å². The van der Waals surface area contributed by atoms with E-state index < -0.39 is 35.5 Å². The highest BCUT2D eigenvalue weighted by molar-refractivity contribution is 5.77. The fourth-order valence-electron chi connectivity index (χ4n) is 6.92. The van der Waals surface area contributed by atoms with Crippen molar-refractivity contribution in [1.29, 1.82) is 0 Å². The molecule has 0 spiro atoms. The molecule has 10 nitrogen and oxygen atoms in total. The number of amides is 2. The standard InChI is InChI=1S/C40H54N4O6/c1-28(44-23-21-43(5)22-24-44)49-34-18-12-10-16-31(34)27-40(48,20-19-36(46)42-37-32-17-11-9-15-30(32)26-33(37)45)35(25-29-13-7-6-8-14-29)41-38(47)50-39(2,3)4/h6-18,28,33,35,37,45,48H,19-27H2,1-5H3,(H,41,47)(H,42,46)/t28?,33-,35+,37+,40+/m1/s1. The van der Waals surface area contributed by atoms with E-state index in [9.17, 15) is 19.8 Å². The summed E-state index contributed by atoms with van der Waals surface area (Å²) in [5.41, 5.74) is 1.23. The first-order valence-electron chi connectivity index (χ1n) is 17.8. The number of hydrogen-bond donors (Lipinski definition) is 4. The maximum atomic E-state index is 13.6. The van der Waals surface area contributed by atoms with E-state index in [0.717, 1.165) is 48.4 Å². The first-order chi connectivity index (χ1) is 23.8. The molecule has 0 bridgehead atoms. The van der Waals surface area contributed by atoms with Crippen LogP contribution in [0.25, 0.3) is 0 Å². The van der Waals surface area contributed by atoms with Gasteiger partial charge in [-0.3, -0.25) is 9.69 Å². The highest BCUT2D eigenvalue weighted by Crippen LogP contribution is 2.34. The molecule has 1 unspecified atom stereocenters. The molecule has 0 aromatic heterocycles. The van der Waals surface area contributed by atoms with Crippen molar-refractivity contribution in [3.8, 4) is 5.75 Å². The molecule has 270 valence electrons. The minimum absolute atomic E-state index is 0.0267. The fraction of sp³-hybridized carbons (Fsp3) is 0.500. The normalized spacial score (nSPS) is 20.6. The number of para-hydroxylation sites is 1. The van der Waals surface area contributed by atoms with Gasteiger partial charge < -0.3 is 35.2 Å². The number of rotatable bonds is 13. The van der Waals surface area contributed by atoms with Crippen molar-refractivity contribution >= 4 is 12.0 Å². The lowest BCUT2D eigenvalue weighted by atomic mass is 9.80. The topological polar surface area (TPSA) is 124 Å². The molecule has 0 saturated carbocycles. The molecule has 0 radical (unpaired) electrons. The van der Waals surface area contributed by atoms with Gasteiger partial charge in [-0.25, -0.2) is 4.79 Å². The summed E-state index contributed by atoms with van der Waals surface area (Å²) in [6.07, 6.45) is -0.719. The van der Waals surface area contributed by atoms with Crippen LogP contribution >= 0.6 is 0 Å². The minimum atomic E-state index is -1.60. The number of likely N-dealkylation sites (N-methyl/N-ethyl adjacent to an activating group) is 1. The van der Waals surface area contributed by atoms with E-state index in [-0.39, 0.29) is 31.4 Å². The van der Waals surface area contributed by atoms with E-state index in [2.05, 4.69) is 27.5 Å². The van der Waals surface area contributed by atoms with Crippen LogP contribution in [0.5, 0.6) is 5.75 Å². The summed E-state index contributed by atoms with van der Waals surface area (Å²) >= 11 is 0. The summed E-state index contributed by atoms with van der Waals surface area (Å²) in [5.74, 6) is 0.344. The van der Waals surface area contributed by atoms with Gasteiger partial charge in [-0.2, -0.15) is 0 Å². The van der Waals surface area contributed by atoms with Crippen molar-refractivity contribution in [2.75, 3.05) is 33.2 Å². The van der Waals surface area contributed by atoms with Gasteiger partial charge in [-0.15, -0.1) is 0 Å². The monoisotopic (exact) mass is 686 g/mol. The van der Waals surface area contributed by atoms with E-state index in [1.54, 1.807) is 20.8 Å². The van der Waals surface area contributed by atoms with Gasteiger partial charge in [0, 0.05) is 45.4 Å². The van der Waals surface area contributed by atoms with Crippen molar-refractivity contribution in [2.24, 2.45) is 0 Å². The average molecular weight is 687 g/mol. The number of ether oxygens (including phenoxy) is 2. The molecule has 1 aliphatic heterocycles. The molecule has 1 heterocycles. The average Bonchev–Trinajstić information content (AvgIpc) is 3.38. The molecule has 4 N–H and O–H groups in total. The van der Waals surface area contributed by atoms with Gasteiger partial charge in [0.2, 0.25) is 5.91 Å².